The summed E-state index contributed by atoms with van der Waals surface area (Å²) in [6.45, 7) is 3.82. The zero-order valence-corrected chi connectivity index (χ0v) is 20.4. The van der Waals surface area contributed by atoms with E-state index in [1.807, 2.05) is 28.0 Å². The minimum Gasteiger partial charge on any atom is -0.378 e. The highest BCUT2D eigenvalue weighted by Gasteiger charge is 2.39. The number of amides is 1. The maximum Gasteiger partial charge on any atom is 0.230 e. The Bertz CT molecular complexity index is 1090. The van der Waals surface area contributed by atoms with Crippen molar-refractivity contribution in [2.24, 2.45) is 5.92 Å². The number of rotatable bonds is 3. The van der Waals surface area contributed by atoms with Crippen molar-refractivity contribution in [2.45, 2.75) is 50.6 Å². The summed E-state index contributed by atoms with van der Waals surface area (Å²) in [5.74, 6) is 0.775. The summed E-state index contributed by atoms with van der Waals surface area (Å²) < 4.78 is 33.0. The van der Waals surface area contributed by atoms with Gasteiger partial charge in [0.05, 0.1) is 31.1 Å². The molecular formula is C27H33F2N5O2. The second-order valence-corrected chi connectivity index (χ2v) is 10.4. The van der Waals surface area contributed by atoms with Crippen LogP contribution in [0.4, 0.5) is 31.7 Å². The van der Waals surface area contributed by atoms with Crippen molar-refractivity contribution in [2.75, 3.05) is 54.5 Å². The number of alkyl halides is 2. The van der Waals surface area contributed by atoms with Crippen LogP contribution in [-0.2, 0) is 16.1 Å². The van der Waals surface area contributed by atoms with Crippen molar-refractivity contribution in [1.82, 2.24) is 9.88 Å². The van der Waals surface area contributed by atoms with Crippen LogP contribution in [0.1, 0.15) is 31.2 Å². The normalized spacial score (nSPS) is 28.7. The maximum atomic E-state index is 14.0. The number of morpholine rings is 1. The van der Waals surface area contributed by atoms with Crippen molar-refractivity contribution < 1.29 is 18.3 Å². The molecule has 1 aliphatic carbocycles. The first-order valence-corrected chi connectivity index (χ1v) is 13.1. The molecule has 1 aromatic carbocycles. The summed E-state index contributed by atoms with van der Waals surface area (Å²) in [6.07, 6.45) is 2.03. The van der Waals surface area contributed by atoms with E-state index in [9.17, 15) is 13.6 Å². The van der Waals surface area contributed by atoms with Crippen LogP contribution in [0.5, 0.6) is 0 Å². The molecule has 1 amide bonds. The van der Waals surface area contributed by atoms with E-state index in [1.165, 1.54) is 0 Å². The van der Waals surface area contributed by atoms with E-state index in [1.54, 1.807) is 6.20 Å². The topological polar surface area (TPSA) is 60.9 Å². The maximum absolute atomic E-state index is 14.0. The highest BCUT2D eigenvalue weighted by molar-refractivity contribution is 6.00. The van der Waals surface area contributed by atoms with Gasteiger partial charge in [0.1, 0.15) is 18.2 Å². The predicted octanol–water partition coefficient (Wildman–Crippen LogP) is 4.06. The second-order valence-electron chi connectivity index (χ2n) is 10.4. The molecule has 4 aliphatic rings. The molecule has 0 radical (unpaired) electrons. The van der Waals surface area contributed by atoms with E-state index >= 15 is 0 Å². The third kappa shape index (κ3) is 4.54. The Morgan fingerprint density at radius 1 is 1.03 bits per heavy atom. The molecule has 2 atom stereocenters. The second kappa shape index (κ2) is 9.94. The molecule has 2 saturated heterocycles. The van der Waals surface area contributed by atoms with Crippen LogP contribution in [0.3, 0.4) is 0 Å². The van der Waals surface area contributed by atoms with Crippen molar-refractivity contribution in [1.29, 1.82) is 0 Å². The minimum absolute atomic E-state index is 0.107. The number of ether oxygens (including phenoxy) is 1. The van der Waals surface area contributed by atoms with Gasteiger partial charge >= 0.3 is 0 Å². The van der Waals surface area contributed by atoms with Crippen molar-refractivity contribution >= 4 is 28.8 Å². The smallest absolute Gasteiger partial charge is 0.230 e. The van der Waals surface area contributed by atoms with E-state index < -0.39 is 12.3 Å². The monoisotopic (exact) mass is 497 g/mol. The number of carbonyl (C=O) groups excluding carboxylic acids is 1. The number of nitrogens with one attached hydrogen (secondary N) is 1. The van der Waals surface area contributed by atoms with Gasteiger partial charge in [-0.2, -0.15) is 0 Å². The van der Waals surface area contributed by atoms with Crippen LogP contribution < -0.4 is 15.1 Å². The predicted molar refractivity (Wildman–Crippen MR) is 135 cm³/mol. The zero-order chi connectivity index (χ0) is 24.6. The van der Waals surface area contributed by atoms with E-state index in [2.05, 4.69) is 27.3 Å². The lowest BCUT2D eigenvalue weighted by atomic mass is 9.84. The van der Waals surface area contributed by atoms with Gasteiger partial charge in [0.2, 0.25) is 5.91 Å². The molecule has 6 rings (SSSR count). The van der Waals surface area contributed by atoms with Crippen LogP contribution in [0.25, 0.3) is 0 Å². The van der Waals surface area contributed by atoms with E-state index in [0.717, 1.165) is 67.2 Å². The molecule has 1 aromatic heterocycles. The molecule has 192 valence electrons. The summed E-state index contributed by atoms with van der Waals surface area (Å²) in [5.41, 5.74) is 3.79. The fourth-order valence-corrected chi connectivity index (χ4v) is 6.08. The lowest BCUT2D eigenvalue weighted by Crippen LogP contribution is -2.42. The van der Waals surface area contributed by atoms with Crippen molar-refractivity contribution in [3.05, 3.63) is 42.1 Å². The number of hydrogen-bond donors (Lipinski definition) is 1. The molecule has 9 heteroatoms. The van der Waals surface area contributed by atoms with Gasteiger partial charge in [-0.1, -0.05) is 6.07 Å². The highest BCUT2D eigenvalue weighted by atomic mass is 19.2. The summed E-state index contributed by atoms with van der Waals surface area (Å²) in [7, 11) is 0. The molecular weight excluding hydrogens is 464 g/mol. The number of likely N-dealkylation sites (tertiary alicyclic amines) is 1. The Labute approximate surface area is 210 Å². The quantitative estimate of drug-likeness (QED) is 0.690. The summed E-state index contributed by atoms with van der Waals surface area (Å²) in [5, 5.41) is 3.45. The number of benzene rings is 1. The molecule has 0 spiro atoms. The van der Waals surface area contributed by atoms with E-state index in [0.29, 0.717) is 19.8 Å². The van der Waals surface area contributed by atoms with E-state index in [-0.39, 0.29) is 31.0 Å². The number of fused-ring (bicyclic) bond motifs is 2. The standard InChI is InChI=1S/C27H33F2N5O2/c28-22-16-33(17-23(22)29)20-5-3-18(4-6-20)27(35)34-15-19-2-1-9-30-26(19)31-24-8-7-21(14-25(24)34)32-10-12-36-13-11-32/h1-2,7-9,14,18,20,22-23H,3-6,10-13,15-17H2,(H,30,31)/t18?,20?,22-,23-/m0/s1. The largest absolute Gasteiger partial charge is 0.378 e. The van der Waals surface area contributed by atoms with Crippen LogP contribution in [-0.4, -0.2) is 73.6 Å². The summed E-state index contributed by atoms with van der Waals surface area (Å²) >= 11 is 0. The third-order valence-corrected chi connectivity index (χ3v) is 8.16. The Hall–Kier alpha value is -2.78. The van der Waals surface area contributed by atoms with Crippen molar-refractivity contribution in [3.63, 3.8) is 0 Å². The summed E-state index contributed by atoms with van der Waals surface area (Å²) in [6, 6.07) is 10.3. The lowest BCUT2D eigenvalue weighted by molar-refractivity contribution is -0.123. The average Bonchev–Trinajstić information content (AvgIpc) is 3.16. The lowest BCUT2D eigenvalue weighted by Gasteiger charge is -2.36. The van der Waals surface area contributed by atoms with E-state index in [4.69, 9.17) is 4.74 Å². The highest BCUT2D eigenvalue weighted by Crippen LogP contribution is 2.40. The van der Waals surface area contributed by atoms with Gasteiger partial charge in [0.25, 0.3) is 0 Å². The first kappa shape index (κ1) is 23.6. The third-order valence-electron chi connectivity index (χ3n) is 8.16. The number of hydrogen-bond acceptors (Lipinski definition) is 6. The number of carbonyl (C=O) groups is 1. The zero-order valence-electron chi connectivity index (χ0n) is 20.4. The fraction of sp³-hybridized carbons (Fsp3) is 0.556. The van der Waals surface area contributed by atoms with Gasteiger partial charge in [0, 0.05) is 55.6 Å². The molecule has 1 N–H and O–H groups in total. The Kier molecular flexibility index (Phi) is 6.52. The molecule has 0 unspecified atom stereocenters. The number of pyridine rings is 1. The Morgan fingerprint density at radius 2 is 1.78 bits per heavy atom. The molecule has 7 nitrogen and oxygen atoms in total. The first-order valence-electron chi connectivity index (χ1n) is 13.1. The molecule has 3 aliphatic heterocycles. The molecule has 36 heavy (non-hydrogen) atoms. The van der Waals surface area contributed by atoms with Crippen LogP contribution >= 0.6 is 0 Å². The first-order chi connectivity index (χ1) is 17.6. The van der Waals surface area contributed by atoms with Gasteiger partial charge < -0.3 is 19.9 Å². The van der Waals surface area contributed by atoms with Crippen LogP contribution in [0.2, 0.25) is 0 Å². The SMILES string of the molecule is O=C(C1CCC(N2C[C@H](F)[C@@H](F)C2)CC1)N1Cc2cccnc2Nc2ccc(N3CCOCC3)cc21. The van der Waals surface area contributed by atoms with Gasteiger partial charge in [-0.3, -0.25) is 9.69 Å². The van der Waals surface area contributed by atoms with Crippen LogP contribution in [0, 0.1) is 5.92 Å². The molecule has 0 bridgehead atoms. The molecule has 4 heterocycles. The van der Waals surface area contributed by atoms with Crippen molar-refractivity contribution in [3.8, 4) is 0 Å². The Morgan fingerprint density at radius 3 is 2.53 bits per heavy atom. The number of nitrogens with zero attached hydrogens (tertiary/aromatic N) is 4. The average molecular weight is 498 g/mol. The minimum atomic E-state index is -1.39. The number of aromatic nitrogens is 1. The summed E-state index contributed by atoms with van der Waals surface area (Å²) in [4.78, 5) is 24.7. The van der Waals surface area contributed by atoms with Crippen LogP contribution in [0.15, 0.2) is 36.5 Å². The fourth-order valence-electron chi connectivity index (χ4n) is 6.08. The molecule has 3 fully saturated rings. The number of anilines is 4. The van der Waals surface area contributed by atoms with Gasteiger partial charge in [-0.25, -0.2) is 13.8 Å². The Balaban J connectivity index is 1.24. The molecule has 1 saturated carbocycles. The number of halogens is 2. The molecule has 2 aromatic rings. The van der Waals surface area contributed by atoms with Gasteiger partial charge in [0.15, 0.2) is 0 Å². The van der Waals surface area contributed by atoms with Gasteiger partial charge in [-0.15, -0.1) is 0 Å². The van der Waals surface area contributed by atoms with Gasteiger partial charge in [-0.05, 0) is 49.9 Å².